The van der Waals surface area contributed by atoms with Crippen LogP contribution in [-0.4, -0.2) is 187 Å². The first-order chi connectivity index (χ1) is 61.6. The van der Waals surface area contributed by atoms with Crippen LogP contribution in [0.1, 0.15) is 106 Å². The molecular weight excluding hydrogens is 1640 g/mol. The molecule has 8 aliphatic rings. The van der Waals surface area contributed by atoms with Gasteiger partial charge in [0.05, 0.1) is 115 Å². The highest BCUT2D eigenvalue weighted by atomic mass is 19.1. The van der Waals surface area contributed by atoms with Crippen LogP contribution < -0.4 is 40.2 Å². The minimum Gasteiger partial charge on any atom is -0.489 e. The van der Waals surface area contributed by atoms with Crippen molar-refractivity contribution in [1.29, 1.82) is 26.3 Å². The lowest BCUT2D eigenvalue weighted by atomic mass is 10.0. The number of ether oxygens (including phenoxy) is 7. The Labute approximate surface area is 731 Å². The zero-order valence-corrected chi connectivity index (χ0v) is 69.6. The summed E-state index contributed by atoms with van der Waals surface area (Å²) >= 11 is 0. The molecule has 6 aromatic carbocycles. The topological polar surface area (TPSA) is 424 Å². The maximum Gasteiger partial charge on any atom is 0.309 e. The van der Waals surface area contributed by atoms with Gasteiger partial charge in [-0.25, -0.2) is 18.2 Å². The van der Waals surface area contributed by atoms with Crippen molar-refractivity contribution in [2.24, 2.45) is 35.0 Å². The number of nitrogens with zero attached hydrogens (tertiary/aromatic N) is 9. The maximum absolute atomic E-state index is 14.6. The Balaban J connectivity index is 0.000000145. The number of alkyl halides is 3. The van der Waals surface area contributed by atoms with Gasteiger partial charge in [0.15, 0.2) is 18.1 Å². The molecular formula is C95H94F3N13O16. The average Bonchev–Trinajstić information content (AvgIpc) is 1.64. The van der Waals surface area contributed by atoms with Gasteiger partial charge < -0.3 is 74.4 Å². The van der Waals surface area contributed by atoms with Crippen molar-refractivity contribution in [2.75, 3.05) is 100 Å². The van der Waals surface area contributed by atoms with Crippen LogP contribution in [0.25, 0.3) is 44.6 Å². The van der Waals surface area contributed by atoms with Crippen LogP contribution >= 0.6 is 0 Å². The second-order valence-electron chi connectivity index (χ2n) is 32.0. The van der Waals surface area contributed by atoms with Gasteiger partial charge in [0, 0.05) is 86.4 Å². The molecule has 4 saturated heterocycles. The minimum absolute atomic E-state index is 0.00378. The summed E-state index contributed by atoms with van der Waals surface area (Å²) in [5, 5.41) is 76.5. The van der Waals surface area contributed by atoms with Crippen molar-refractivity contribution in [2.45, 2.75) is 121 Å². The summed E-state index contributed by atoms with van der Waals surface area (Å²) in [6.45, 7) is 2.96. The van der Waals surface area contributed by atoms with Crippen LogP contribution in [0.4, 0.5) is 36.1 Å². The second-order valence-corrected chi connectivity index (χ2v) is 32.0. The summed E-state index contributed by atoms with van der Waals surface area (Å²) in [6.07, 6.45) is 6.37. The molecule has 127 heavy (non-hydrogen) atoms. The largest absolute Gasteiger partial charge is 0.489 e. The molecule has 6 heterocycles. The maximum atomic E-state index is 14.6. The standard InChI is InChI=1S/C25H23FN4O4.C24H25N3O5.C23H23FN4O4.C23H23FN2O3/c26-21-13-30(24(32)14-31)7-6-23(21)34-22-5-4-16(8-18(22)12-28)15-2-1-3-19(9-15)29-25(33)20-10-17(20)11-27;1-2-31-24(29)20-13-19(20)23(28)27-22-12-16(5-8-26-22)15-3-4-21(17(11-15)14-25)32-18-6-9-30-10-7-18;24-18-12-28(22(30)13-29)7-6-20(18)32-21-11-26-19(9-16(21)10-25)15-2-1-3-17(8-15)27-23(31)14-4-5-14;24-15-23(8-9-23)22(27)26-19-3-1-2-16(13-19)17-4-5-21(18(12-17)14-25)29-20-6-10-28-11-7-20/h1-5,8-9,17,20-21,23,31H,6-7,10,13-14H2,(H,29,33);3-5,8,11-12,18-20H,2,6-7,9-10,13H2,1H3,(H,26,27,28);1-3,8-9,11,14,18,20,29H,4-7,12-13H2,(H,27,31);1-5,12-13,20H,6-11,15H2,(H,26,27)/t17?,20?,21-,23+;19-,20-;18-,20+;/m111./s1. The number of amides is 6. The van der Waals surface area contributed by atoms with E-state index in [2.05, 4.69) is 61.6 Å². The number of benzene rings is 6. The Morgan fingerprint density at radius 1 is 0.496 bits per heavy atom. The fourth-order valence-electron chi connectivity index (χ4n) is 14.9. The number of hydrogen-bond acceptors (Lipinski definition) is 23. The van der Waals surface area contributed by atoms with E-state index in [1.165, 1.54) is 16.0 Å². The predicted molar refractivity (Wildman–Crippen MR) is 456 cm³/mol. The lowest BCUT2D eigenvalue weighted by Gasteiger charge is -2.34. The number of aliphatic hydroxyl groups is 2. The predicted octanol–water partition coefficient (Wildman–Crippen LogP) is 12.7. The third-order valence-electron chi connectivity index (χ3n) is 22.9. The number of aromatic nitrogens is 2. The Morgan fingerprint density at radius 3 is 1.42 bits per heavy atom. The van der Waals surface area contributed by atoms with E-state index in [4.69, 9.17) is 48.6 Å². The highest BCUT2D eigenvalue weighted by molar-refractivity contribution is 6.00. The highest BCUT2D eigenvalue weighted by Gasteiger charge is 2.51. The third kappa shape index (κ3) is 24.0. The van der Waals surface area contributed by atoms with Crippen molar-refractivity contribution in [3.8, 4) is 98.0 Å². The third-order valence-corrected chi connectivity index (χ3v) is 22.9. The van der Waals surface area contributed by atoms with Gasteiger partial charge in [-0.05, 0) is 170 Å². The number of nitriles is 5. The number of hydrogen-bond donors (Lipinski definition) is 6. The van der Waals surface area contributed by atoms with E-state index in [-0.39, 0.29) is 133 Å². The van der Waals surface area contributed by atoms with Crippen molar-refractivity contribution < 1.29 is 90.1 Å². The van der Waals surface area contributed by atoms with E-state index < -0.39 is 61.7 Å². The molecule has 29 nitrogen and oxygen atoms in total. The number of pyridine rings is 2. The number of likely N-dealkylation sites (tertiary alicyclic amines) is 2. The molecule has 2 unspecified atom stereocenters. The van der Waals surface area contributed by atoms with Gasteiger partial charge in [0.25, 0.3) is 0 Å². The highest BCUT2D eigenvalue weighted by Crippen LogP contribution is 2.48. The van der Waals surface area contributed by atoms with Crippen molar-refractivity contribution in [3.63, 3.8) is 0 Å². The van der Waals surface area contributed by atoms with Crippen LogP contribution in [0.15, 0.2) is 158 Å². The number of piperidine rings is 2. The van der Waals surface area contributed by atoms with Crippen molar-refractivity contribution in [1.82, 2.24) is 19.8 Å². The van der Waals surface area contributed by atoms with E-state index in [1.807, 2.05) is 54.6 Å². The monoisotopic (exact) mass is 1730 g/mol. The van der Waals surface area contributed by atoms with E-state index in [0.717, 1.165) is 77.5 Å². The van der Waals surface area contributed by atoms with Crippen LogP contribution in [0.2, 0.25) is 0 Å². The number of carbonyl (C=O) groups excluding carboxylic acids is 7. The smallest absolute Gasteiger partial charge is 0.309 e. The molecule has 32 heteroatoms. The first-order valence-electron chi connectivity index (χ1n) is 42.2. The number of anilines is 4. The molecule has 0 bridgehead atoms. The average molecular weight is 1730 g/mol. The fraction of sp³-hybridized carbons (Fsp3) is 0.389. The minimum atomic E-state index is -1.45. The molecule has 4 aliphatic carbocycles. The number of esters is 1. The molecule has 16 rings (SSSR count). The Kier molecular flexibility index (Phi) is 30.6. The molecule has 4 saturated carbocycles. The normalized spacial score (nSPS) is 20.5. The van der Waals surface area contributed by atoms with Crippen molar-refractivity contribution >= 4 is 64.3 Å². The number of halogens is 3. The summed E-state index contributed by atoms with van der Waals surface area (Å²) in [5.41, 5.74) is 8.48. The fourth-order valence-corrected chi connectivity index (χ4v) is 14.9. The summed E-state index contributed by atoms with van der Waals surface area (Å²) in [4.78, 5) is 95.0. The van der Waals surface area contributed by atoms with Gasteiger partial charge in [0.2, 0.25) is 35.4 Å². The molecule has 656 valence electrons. The molecule has 4 aliphatic heterocycles. The zero-order valence-electron chi connectivity index (χ0n) is 69.6. The lowest BCUT2D eigenvalue weighted by molar-refractivity contribution is -0.145. The van der Waals surface area contributed by atoms with E-state index >= 15 is 0 Å². The van der Waals surface area contributed by atoms with Crippen LogP contribution in [-0.2, 0) is 47.8 Å². The Hall–Kier alpha value is -13.8. The Morgan fingerprint density at radius 2 is 0.953 bits per heavy atom. The lowest BCUT2D eigenvalue weighted by Crippen LogP contribution is -2.50. The van der Waals surface area contributed by atoms with Crippen molar-refractivity contribution in [3.05, 3.63) is 180 Å². The SMILES string of the molecule is CCOC(=O)[C@@H]1C[C@H]1C(=O)Nc1cc(-c2ccc(OC3CCOCC3)c(C#N)c2)ccn1.N#Cc1cc(-c2cccc(NC(=O)C3(CF)CC3)c2)ccc1OC1CCOCC1.N#Cc1cc(-c2cccc(NC(=O)C3CC3)c2)ncc1O[C@H]1CCN(C(=O)CO)C[C@H]1F.N#Cc1cc(-c2cccc(NC(=O)C3CC3C#N)c2)ccc1O[C@H]1CCN(C(=O)CO)C[C@H]1F. The number of carbonyl (C=O) groups is 7. The molecule has 0 spiro atoms. The van der Waals surface area contributed by atoms with Crippen LogP contribution in [0.3, 0.4) is 0 Å². The zero-order chi connectivity index (χ0) is 89.7. The van der Waals surface area contributed by atoms with E-state index in [0.29, 0.717) is 110 Å². The van der Waals surface area contributed by atoms with Gasteiger partial charge in [-0.2, -0.15) is 26.3 Å². The summed E-state index contributed by atoms with van der Waals surface area (Å²) < 4.78 is 81.4. The first-order valence-corrected chi connectivity index (χ1v) is 42.2. The van der Waals surface area contributed by atoms with Gasteiger partial charge in [0.1, 0.15) is 91.6 Å². The molecule has 2 aromatic heterocycles. The molecule has 6 amide bonds. The van der Waals surface area contributed by atoms with Gasteiger partial charge in [-0.15, -0.1) is 0 Å². The number of nitrogens with one attached hydrogen (secondary N) is 4. The molecule has 8 aromatic rings. The Bertz CT molecular complexity index is 5590. The summed E-state index contributed by atoms with van der Waals surface area (Å²) in [5.74, 6) is -1.29. The molecule has 8 fully saturated rings. The molecule has 8 atom stereocenters. The molecule has 6 N–H and O–H groups in total. The first kappa shape index (κ1) is 90.9. The van der Waals surface area contributed by atoms with Crippen LogP contribution in [0.5, 0.6) is 23.0 Å². The van der Waals surface area contributed by atoms with Gasteiger partial charge in [-0.1, -0.05) is 54.6 Å². The van der Waals surface area contributed by atoms with Crippen LogP contribution in [0, 0.1) is 91.7 Å². The second kappa shape index (κ2) is 42.7. The van der Waals surface area contributed by atoms with Gasteiger partial charge >= 0.3 is 5.97 Å². The molecule has 0 radical (unpaired) electrons. The number of aliphatic hydroxyl groups excluding tert-OH is 2. The van der Waals surface area contributed by atoms with E-state index in [1.54, 1.807) is 104 Å². The van der Waals surface area contributed by atoms with E-state index in [9.17, 15) is 67.8 Å². The summed E-state index contributed by atoms with van der Waals surface area (Å²) in [7, 11) is 0. The van der Waals surface area contributed by atoms with Gasteiger partial charge in [-0.3, -0.25) is 38.5 Å². The number of rotatable bonds is 25. The summed E-state index contributed by atoms with van der Waals surface area (Å²) in [6, 6.07) is 53.5. The quantitative estimate of drug-likeness (QED) is 0.0289.